The molecule has 2 amide bonds. The van der Waals surface area contributed by atoms with Crippen molar-refractivity contribution in [3.8, 4) is 0 Å². The number of carbonyl (C=O) groups excluding carboxylic acids is 2. The van der Waals surface area contributed by atoms with E-state index >= 15 is 0 Å². The van der Waals surface area contributed by atoms with Gasteiger partial charge in [-0.3, -0.25) is 9.59 Å². The maximum atomic E-state index is 12.4. The topological polar surface area (TPSA) is 69.6 Å². The van der Waals surface area contributed by atoms with Crippen molar-refractivity contribution < 1.29 is 14.7 Å². The van der Waals surface area contributed by atoms with Gasteiger partial charge in [0.1, 0.15) is 0 Å². The van der Waals surface area contributed by atoms with Crippen LogP contribution in [-0.4, -0.2) is 47.6 Å². The predicted octanol–water partition coefficient (Wildman–Crippen LogP) is 2.06. The molecule has 0 bridgehead atoms. The molecule has 1 fully saturated rings. The van der Waals surface area contributed by atoms with Crippen LogP contribution in [0, 0.1) is 5.41 Å². The second kappa shape index (κ2) is 7.13. The molecule has 5 heteroatoms. The number of β-amino-alcohol motifs (C(OH)–C–C–N with tert-alkyl or cyclic N) is 1. The van der Waals surface area contributed by atoms with E-state index in [9.17, 15) is 14.7 Å². The Morgan fingerprint density at radius 3 is 2.39 bits per heavy atom. The zero-order valence-corrected chi connectivity index (χ0v) is 14.1. The van der Waals surface area contributed by atoms with Gasteiger partial charge in [-0.25, -0.2) is 0 Å². The van der Waals surface area contributed by atoms with Crippen molar-refractivity contribution in [2.24, 2.45) is 5.41 Å². The molecule has 1 saturated heterocycles. The molecule has 1 unspecified atom stereocenters. The molecule has 126 valence electrons. The monoisotopic (exact) mass is 318 g/mol. The van der Waals surface area contributed by atoms with E-state index in [1.807, 2.05) is 0 Å². The fourth-order valence-electron chi connectivity index (χ4n) is 2.53. The van der Waals surface area contributed by atoms with Crippen LogP contribution in [0.2, 0.25) is 0 Å². The molecular weight excluding hydrogens is 292 g/mol. The molecular formula is C18H26N2O3. The number of nitrogens with zero attached hydrogens (tertiary/aromatic N) is 1. The SMILES string of the molecule is CC(C)(C)CNC(=O)c1ccc(C(=O)N2CCCC(O)C2)cc1. The largest absolute Gasteiger partial charge is 0.391 e. The lowest BCUT2D eigenvalue weighted by molar-refractivity contribution is 0.0473. The Morgan fingerprint density at radius 1 is 1.22 bits per heavy atom. The first kappa shape index (κ1) is 17.5. The highest BCUT2D eigenvalue weighted by molar-refractivity contribution is 5.97. The normalized spacial score (nSPS) is 18.6. The molecule has 0 spiro atoms. The Hall–Kier alpha value is -1.88. The van der Waals surface area contributed by atoms with Crippen LogP contribution in [0.4, 0.5) is 0 Å². The van der Waals surface area contributed by atoms with Gasteiger partial charge < -0.3 is 15.3 Å². The summed E-state index contributed by atoms with van der Waals surface area (Å²) in [6.07, 6.45) is 1.13. The van der Waals surface area contributed by atoms with Gasteiger partial charge in [-0.15, -0.1) is 0 Å². The molecule has 1 aromatic carbocycles. The highest BCUT2D eigenvalue weighted by Crippen LogP contribution is 2.15. The lowest BCUT2D eigenvalue weighted by Gasteiger charge is -2.30. The quantitative estimate of drug-likeness (QED) is 0.896. The minimum absolute atomic E-state index is 0.0284. The number of amides is 2. The molecule has 5 nitrogen and oxygen atoms in total. The Labute approximate surface area is 137 Å². The van der Waals surface area contributed by atoms with Gasteiger partial charge in [0, 0.05) is 30.8 Å². The molecule has 0 saturated carbocycles. The van der Waals surface area contributed by atoms with Gasteiger partial charge in [0.2, 0.25) is 0 Å². The average Bonchev–Trinajstić information content (AvgIpc) is 2.51. The average molecular weight is 318 g/mol. The fraction of sp³-hybridized carbons (Fsp3) is 0.556. The standard InChI is InChI=1S/C18H26N2O3/c1-18(2,3)12-19-16(22)13-6-8-14(9-7-13)17(23)20-10-4-5-15(21)11-20/h6-9,15,21H,4-5,10-12H2,1-3H3,(H,19,22). The molecule has 1 aliphatic rings. The summed E-state index contributed by atoms with van der Waals surface area (Å²) in [5.74, 6) is -0.224. The molecule has 1 atom stereocenters. The maximum Gasteiger partial charge on any atom is 0.253 e. The van der Waals surface area contributed by atoms with Gasteiger partial charge in [0.05, 0.1) is 6.10 Å². The van der Waals surface area contributed by atoms with Crippen LogP contribution < -0.4 is 5.32 Å². The second-order valence-corrected chi connectivity index (χ2v) is 7.37. The number of likely N-dealkylation sites (tertiary alicyclic amines) is 1. The first-order chi connectivity index (χ1) is 10.8. The lowest BCUT2D eigenvalue weighted by Crippen LogP contribution is -2.42. The van der Waals surface area contributed by atoms with Crippen molar-refractivity contribution in [1.29, 1.82) is 0 Å². The van der Waals surface area contributed by atoms with Crippen LogP contribution in [0.15, 0.2) is 24.3 Å². The molecule has 1 aliphatic heterocycles. The van der Waals surface area contributed by atoms with Gasteiger partial charge in [-0.05, 0) is 42.5 Å². The van der Waals surface area contributed by atoms with Crippen molar-refractivity contribution in [1.82, 2.24) is 10.2 Å². The highest BCUT2D eigenvalue weighted by atomic mass is 16.3. The van der Waals surface area contributed by atoms with Gasteiger partial charge >= 0.3 is 0 Å². The van der Waals surface area contributed by atoms with Gasteiger partial charge in [0.25, 0.3) is 11.8 Å². The van der Waals surface area contributed by atoms with Gasteiger partial charge in [-0.2, -0.15) is 0 Å². The molecule has 2 N–H and O–H groups in total. The number of hydrogen-bond donors (Lipinski definition) is 2. The third kappa shape index (κ3) is 5.06. The molecule has 0 aliphatic carbocycles. The Morgan fingerprint density at radius 2 is 1.83 bits per heavy atom. The van der Waals surface area contributed by atoms with Crippen molar-refractivity contribution in [3.05, 3.63) is 35.4 Å². The summed E-state index contributed by atoms with van der Waals surface area (Å²) >= 11 is 0. The van der Waals surface area contributed by atoms with Crippen LogP contribution in [0.1, 0.15) is 54.3 Å². The predicted molar refractivity (Wildman–Crippen MR) is 89.4 cm³/mol. The highest BCUT2D eigenvalue weighted by Gasteiger charge is 2.23. The number of carbonyl (C=O) groups is 2. The van der Waals surface area contributed by atoms with Crippen molar-refractivity contribution in [3.63, 3.8) is 0 Å². The number of rotatable bonds is 3. The minimum Gasteiger partial charge on any atom is -0.391 e. The second-order valence-electron chi connectivity index (χ2n) is 7.37. The molecule has 2 rings (SSSR count). The Bertz CT molecular complexity index is 561. The van der Waals surface area contributed by atoms with Gasteiger partial charge in [-0.1, -0.05) is 20.8 Å². The smallest absolute Gasteiger partial charge is 0.253 e. The minimum atomic E-state index is -0.435. The number of benzene rings is 1. The van der Waals surface area contributed by atoms with E-state index < -0.39 is 6.10 Å². The summed E-state index contributed by atoms with van der Waals surface area (Å²) in [4.78, 5) is 26.1. The van der Waals surface area contributed by atoms with E-state index in [0.29, 0.717) is 30.8 Å². The lowest BCUT2D eigenvalue weighted by atomic mass is 9.97. The van der Waals surface area contributed by atoms with Crippen molar-refractivity contribution in [2.45, 2.75) is 39.7 Å². The van der Waals surface area contributed by atoms with Crippen LogP contribution >= 0.6 is 0 Å². The summed E-state index contributed by atoms with van der Waals surface area (Å²) in [5, 5.41) is 12.6. The summed E-state index contributed by atoms with van der Waals surface area (Å²) in [6, 6.07) is 6.70. The number of aliphatic hydroxyl groups is 1. The number of hydrogen-bond acceptors (Lipinski definition) is 3. The van der Waals surface area contributed by atoms with E-state index in [2.05, 4.69) is 26.1 Å². The molecule has 1 aromatic rings. The third-order valence-electron chi connectivity index (χ3n) is 3.86. The Kier molecular flexibility index (Phi) is 5.42. The summed E-state index contributed by atoms with van der Waals surface area (Å²) in [5.41, 5.74) is 1.12. The van der Waals surface area contributed by atoms with Gasteiger partial charge in [0.15, 0.2) is 0 Å². The van der Waals surface area contributed by atoms with E-state index in [1.54, 1.807) is 29.2 Å². The van der Waals surface area contributed by atoms with E-state index in [0.717, 1.165) is 12.8 Å². The van der Waals surface area contributed by atoms with E-state index in [-0.39, 0.29) is 17.2 Å². The third-order valence-corrected chi connectivity index (χ3v) is 3.86. The Balaban J connectivity index is 1.98. The molecule has 1 heterocycles. The first-order valence-electron chi connectivity index (χ1n) is 8.12. The first-order valence-corrected chi connectivity index (χ1v) is 8.12. The van der Waals surface area contributed by atoms with E-state index in [1.165, 1.54) is 0 Å². The van der Waals surface area contributed by atoms with Crippen molar-refractivity contribution in [2.75, 3.05) is 19.6 Å². The molecule has 0 aromatic heterocycles. The maximum absolute atomic E-state index is 12.4. The van der Waals surface area contributed by atoms with Crippen LogP contribution in [-0.2, 0) is 0 Å². The summed E-state index contributed by atoms with van der Waals surface area (Å²) < 4.78 is 0. The molecule has 23 heavy (non-hydrogen) atoms. The van der Waals surface area contributed by atoms with Crippen LogP contribution in [0.25, 0.3) is 0 Å². The number of nitrogens with one attached hydrogen (secondary N) is 1. The van der Waals surface area contributed by atoms with Crippen LogP contribution in [0.5, 0.6) is 0 Å². The molecule has 0 radical (unpaired) electrons. The zero-order valence-electron chi connectivity index (χ0n) is 14.1. The van der Waals surface area contributed by atoms with Crippen LogP contribution in [0.3, 0.4) is 0 Å². The number of aliphatic hydroxyl groups excluding tert-OH is 1. The summed E-state index contributed by atoms with van der Waals surface area (Å²) in [6.45, 7) is 7.82. The zero-order chi connectivity index (χ0) is 17.0. The van der Waals surface area contributed by atoms with Crippen molar-refractivity contribution >= 4 is 11.8 Å². The summed E-state index contributed by atoms with van der Waals surface area (Å²) in [7, 11) is 0. The fourth-order valence-corrected chi connectivity index (χ4v) is 2.53. The number of piperidine rings is 1. The van der Waals surface area contributed by atoms with E-state index in [4.69, 9.17) is 0 Å².